The predicted octanol–water partition coefficient (Wildman–Crippen LogP) is 3.20. The number of carbonyl (C=O) groups excluding carboxylic acids is 6. The monoisotopic (exact) mass is 1290 g/mol. The van der Waals surface area contributed by atoms with Crippen LogP contribution in [0.1, 0.15) is 161 Å². The third-order valence-electron chi connectivity index (χ3n) is 15.1. The van der Waals surface area contributed by atoms with Crippen LogP contribution in [0.2, 0.25) is 0 Å². The average molecular weight is 1300 g/mol. The minimum atomic E-state index is -4.90. The Labute approximate surface area is 516 Å². The number of phosphoric acid groups is 2. The van der Waals surface area contributed by atoms with Crippen molar-refractivity contribution in [2.24, 2.45) is 11.5 Å². The van der Waals surface area contributed by atoms with Gasteiger partial charge in [-0.3, -0.25) is 46.9 Å². The summed E-state index contributed by atoms with van der Waals surface area (Å²) >= 11 is 0. The number of amides is 3. The Hall–Kier alpha value is -4.20. The van der Waals surface area contributed by atoms with Crippen LogP contribution in [-0.2, 0) is 74.9 Å². The molecule has 2 saturated heterocycles. The zero-order valence-electron chi connectivity index (χ0n) is 51.3. The standard InChI is InChI=1S/C56H100N10O20P2/c1-79-87(75,76)84-36-48-47(33-52(85-48)66-41-63-53-54(59)61-40-62-55(53)66)86-88(77,78)83-35-42-32-46(71)34-65(42)51(74)21-7-5-3-2-4-6-20-50(73)64-56(37-80-29-22-44(69)16-8-12-25-57,38-81-30-23-45(70)17-9-13-26-58)39-82-31-24-49(72)60-27-14-10-18-43(68)19-11-15-28-67/h40,42,46-48,52,63,67,71H,2-39,41,57-58H2,1H3,(H,60,72)(H,64,73)(H,75,76)(H,77,78)(H2,59,61,62)/t42-,46+,47-,48+,52+/m0/s1. The molecule has 0 saturated carbocycles. The van der Waals surface area contributed by atoms with Crippen molar-refractivity contribution in [2.75, 3.05) is 115 Å². The SMILES string of the molecule is COP(=O)(O)OC[C@H]1O[C@@H](N2CNc3c(N)ncnc32)C[C@@H]1OP(=O)(O)OC[C@@H]1C[C@@H](O)CN1C(=O)CCCCCCCCC(=O)NC(COCCC(=O)CCCCN)(COCCC(=O)CCCCN)COCCC(=O)NCCCCC(=O)CCCCO. The van der Waals surface area contributed by atoms with E-state index in [1.165, 1.54) is 11.2 Å². The highest BCUT2D eigenvalue weighted by atomic mass is 31.2. The molecule has 4 rings (SSSR count). The Bertz CT molecular complexity index is 2340. The van der Waals surface area contributed by atoms with Crippen LogP contribution in [-0.4, -0.2) is 205 Å². The van der Waals surface area contributed by atoms with Gasteiger partial charge in [-0.25, -0.2) is 19.1 Å². The maximum Gasteiger partial charge on any atom is 0.472 e. The number of carbonyl (C=O) groups is 6. The van der Waals surface area contributed by atoms with Gasteiger partial charge in [0.1, 0.15) is 53.3 Å². The van der Waals surface area contributed by atoms with Crippen molar-refractivity contribution in [3.63, 3.8) is 0 Å². The molecule has 0 spiro atoms. The van der Waals surface area contributed by atoms with Gasteiger partial charge in [-0.2, -0.15) is 0 Å². The van der Waals surface area contributed by atoms with Gasteiger partial charge in [0.05, 0.1) is 71.7 Å². The lowest BCUT2D eigenvalue weighted by atomic mass is 10.0. The number of aliphatic hydroxyl groups is 2. The summed E-state index contributed by atoms with van der Waals surface area (Å²) in [6.45, 7) is 0.452. The van der Waals surface area contributed by atoms with E-state index in [-0.39, 0.29) is 145 Å². The van der Waals surface area contributed by atoms with Gasteiger partial charge in [-0.05, 0) is 83.7 Å². The lowest BCUT2D eigenvalue weighted by Gasteiger charge is -2.34. The molecule has 3 aliphatic heterocycles. The third-order valence-corrected chi connectivity index (χ3v) is 17.1. The fourth-order valence-corrected chi connectivity index (χ4v) is 11.6. The number of hydrogen-bond donors (Lipinski definition) is 10. The van der Waals surface area contributed by atoms with Crippen LogP contribution in [0, 0.1) is 0 Å². The van der Waals surface area contributed by atoms with Gasteiger partial charge >= 0.3 is 15.6 Å². The number of fused-ring (bicyclic) bond motifs is 1. The molecule has 0 radical (unpaired) electrons. The van der Waals surface area contributed by atoms with Crippen molar-refractivity contribution < 1.29 is 94.9 Å². The highest BCUT2D eigenvalue weighted by molar-refractivity contribution is 7.47. The van der Waals surface area contributed by atoms with E-state index < -0.39 is 65.0 Å². The number of likely N-dealkylation sites (tertiary alicyclic amines) is 1. The van der Waals surface area contributed by atoms with E-state index in [0.717, 1.165) is 32.8 Å². The number of aliphatic hydroxyl groups excluding tert-OH is 2. The first-order valence-electron chi connectivity index (χ1n) is 31.0. The summed E-state index contributed by atoms with van der Waals surface area (Å²) in [5, 5.41) is 28.5. The van der Waals surface area contributed by atoms with Crippen molar-refractivity contribution in [1.29, 1.82) is 0 Å². The molecule has 7 atom stereocenters. The number of unbranched alkanes of at least 4 members (excludes halogenated alkanes) is 9. The molecule has 13 N–H and O–H groups in total. The lowest BCUT2D eigenvalue weighted by molar-refractivity contribution is -0.133. The second-order valence-corrected chi connectivity index (χ2v) is 25.5. The number of nitrogen functional groups attached to an aromatic ring is 1. The third kappa shape index (κ3) is 29.8. The summed E-state index contributed by atoms with van der Waals surface area (Å²) in [6.07, 6.45) is 8.62. The van der Waals surface area contributed by atoms with E-state index in [2.05, 4.69) is 30.4 Å². The molecule has 30 nitrogen and oxygen atoms in total. The molecule has 88 heavy (non-hydrogen) atoms. The van der Waals surface area contributed by atoms with Gasteiger partial charge in [-0.15, -0.1) is 0 Å². The van der Waals surface area contributed by atoms with E-state index in [1.54, 1.807) is 4.90 Å². The van der Waals surface area contributed by atoms with Crippen molar-refractivity contribution in [1.82, 2.24) is 25.5 Å². The van der Waals surface area contributed by atoms with Gasteiger partial charge < -0.3 is 81.9 Å². The van der Waals surface area contributed by atoms with E-state index in [4.69, 9.17) is 54.8 Å². The molecule has 0 aliphatic carbocycles. The van der Waals surface area contributed by atoms with E-state index in [9.17, 15) is 52.8 Å². The number of aromatic nitrogens is 2. The number of phosphoric ester groups is 2. The largest absolute Gasteiger partial charge is 0.472 e. The molecule has 32 heteroatoms. The van der Waals surface area contributed by atoms with Crippen LogP contribution in [0.5, 0.6) is 0 Å². The Morgan fingerprint density at radius 2 is 1.26 bits per heavy atom. The maximum absolute atomic E-state index is 13.7. The molecule has 1 aromatic rings. The number of nitrogens with zero attached hydrogens (tertiary/aromatic N) is 4. The van der Waals surface area contributed by atoms with Gasteiger partial charge in [0, 0.05) is 91.0 Å². The van der Waals surface area contributed by atoms with Crippen molar-refractivity contribution in [3.05, 3.63) is 6.33 Å². The van der Waals surface area contributed by atoms with E-state index in [1.807, 2.05) is 0 Å². The molecular formula is C56H100N10O20P2. The Morgan fingerprint density at radius 3 is 1.88 bits per heavy atom. The van der Waals surface area contributed by atoms with E-state index >= 15 is 0 Å². The number of ketones is 3. The zero-order chi connectivity index (χ0) is 64.2. The minimum Gasteiger partial charge on any atom is -0.396 e. The van der Waals surface area contributed by atoms with Crippen LogP contribution in [0.15, 0.2) is 6.33 Å². The number of β-amino-alcohol motifs (C(OH)–C–C–N with tert-alkyl or cyclic N) is 1. The number of rotatable bonds is 52. The molecule has 3 amide bonds. The van der Waals surface area contributed by atoms with Gasteiger partial charge in [0.25, 0.3) is 0 Å². The smallest absolute Gasteiger partial charge is 0.396 e. The van der Waals surface area contributed by atoms with Crippen LogP contribution in [0.4, 0.5) is 17.3 Å². The fourth-order valence-electron chi connectivity index (χ4n) is 10.2. The summed E-state index contributed by atoms with van der Waals surface area (Å²) in [5.74, 6) is -0.0765. The topological polar surface area (TPSA) is 438 Å². The maximum atomic E-state index is 13.7. The summed E-state index contributed by atoms with van der Waals surface area (Å²) < 4.78 is 70.4. The first-order valence-corrected chi connectivity index (χ1v) is 34.0. The zero-order valence-corrected chi connectivity index (χ0v) is 53.1. The first kappa shape index (κ1) is 76.3. The molecule has 4 heterocycles. The highest BCUT2D eigenvalue weighted by Gasteiger charge is 2.47. The second-order valence-electron chi connectivity index (χ2n) is 22.5. The number of nitrogens with two attached hydrogens (primary N) is 3. The Kier molecular flexibility index (Phi) is 36.4. The van der Waals surface area contributed by atoms with Crippen LogP contribution in [0.3, 0.4) is 0 Å². The summed E-state index contributed by atoms with van der Waals surface area (Å²) in [4.78, 5) is 109. The van der Waals surface area contributed by atoms with Gasteiger partial charge in [0.2, 0.25) is 17.7 Å². The summed E-state index contributed by atoms with van der Waals surface area (Å²) in [7, 11) is -8.41. The quantitative estimate of drug-likeness (QED) is 0.0331. The van der Waals surface area contributed by atoms with Crippen molar-refractivity contribution in [3.8, 4) is 0 Å². The molecule has 2 fully saturated rings. The molecule has 0 bridgehead atoms. The van der Waals surface area contributed by atoms with Gasteiger partial charge in [0.15, 0.2) is 11.6 Å². The number of anilines is 3. The number of hydrogen-bond acceptors (Lipinski definition) is 25. The number of nitrogens with one attached hydrogen (secondary N) is 3. The Morgan fingerprint density at radius 1 is 0.705 bits per heavy atom. The molecular weight excluding hydrogens is 1190 g/mol. The molecule has 0 aromatic carbocycles. The molecule has 1 aromatic heterocycles. The number of ether oxygens (including phenoxy) is 4. The predicted molar refractivity (Wildman–Crippen MR) is 323 cm³/mol. The first-order chi connectivity index (χ1) is 42.2. The molecule has 504 valence electrons. The van der Waals surface area contributed by atoms with E-state index in [0.29, 0.717) is 121 Å². The molecule has 3 aliphatic rings. The molecule has 2 unspecified atom stereocenters. The number of Topliss-reactive ketones (excluding diaryl/α,β-unsaturated/α-hetero) is 3. The van der Waals surface area contributed by atoms with Crippen LogP contribution >= 0.6 is 15.6 Å². The van der Waals surface area contributed by atoms with Crippen LogP contribution < -0.4 is 38.1 Å². The van der Waals surface area contributed by atoms with Crippen molar-refractivity contribution in [2.45, 2.75) is 197 Å². The van der Waals surface area contributed by atoms with Gasteiger partial charge in [-0.1, -0.05) is 25.7 Å². The second kappa shape index (κ2) is 42.0. The lowest BCUT2D eigenvalue weighted by Crippen LogP contribution is -2.58. The fraction of sp³-hybridized carbons (Fsp3) is 0.821. The highest BCUT2D eigenvalue weighted by Crippen LogP contribution is 2.50. The minimum absolute atomic E-state index is 0.00287. The van der Waals surface area contributed by atoms with Crippen LogP contribution in [0.25, 0.3) is 0 Å². The average Bonchev–Trinajstić information content (AvgIpc) is 1.78. The normalized spacial score (nSPS) is 19.7. The summed E-state index contributed by atoms with van der Waals surface area (Å²) in [5.41, 5.74) is 16.4. The van der Waals surface area contributed by atoms with Crippen molar-refractivity contribution >= 4 is 68.0 Å². The Balaban J connectivity index is 1.25. The summed E-state index contributed by atoms with van der Waals surface area (Å²) in [6, 6.07) is -0.750.